The minimum absolute atomic E-state index is 1.16. The third-order valence-corrected chi connectivity index (χ3v) is 3.07. The Balaban J connectivity index is 0. The zero-order valence-electron chi connectivity index (χ0n) is 17.7. The van der Waals surface area contributed by atoms with Gasteiger partial charge in [0.25, 0.3) is 0 Å². The number of para-hydroxylation sites is 2. The van der Waals surface area contributed by atoms with Crippen LogP contribution in [0, 0.1) is 6.92 Å². The van der Waals surface area contributed by atoms with Gasteiger partial charge in [-0.2, -0.15) is 0 Å². The van der Waals surface area contributed by atoms with Crippen molar-refractivity contribution >= 4 is 11.4 Å². The molecular formula is C24H37N3. The van der Waals surface area contributed by atoms with Crippen LogP contribution in [-0.2, 0) is 0 Å². The molecule has 0 spiro atoms. The Morgan fingerprint density at radius 3 is 0.926 bits per heavy atom. The summed E-state index contributed by atoms with van der Waals surface area (Å²) in [5.74, 6) is 0. The molecule has 27 heavy (non-hydrogen) atoms. The van der Waals surface area contributed by atoms with Crippen molar-refractivity contribution in [1.82, 2.24) is 0 Å². The highest BCUT2D eigenvalue weighted by Crippen LogP contribution is 2.02. The highest BCUT2D eigenvalue weighted by atomic mass is 14.8. The Bertz CT molecular complexity index is 571. The highest BCUT2D eigenvalue weighted by molar-refractivity contribution is 5.41. The largest absolute Gasteiger partial charge is 0.388 e. The van der Waals surface area contributed by atoms with Gasteiger partial charge in [-0.15, -0.1) is 0 Å². The molecular weight excluding hydrogens is 330 g/mol. The number of benzene rings is 3. The molecule has 0 bridgehead atoms. The number of rotatable bonds is 2. The molecule has 0 amide bonds. The summed E-state index contributed by atoms with van der Waals surface area (Å²) in [4.78, 5) is 0. The first-order chi connectivity index (χ1) is 13.3. The summed E-state index contributed by atoms with van der Waals surface area (Å²) in [6, 6.07) is 30.4. The highest BCUT2D eigenvalue weighted by Gasteiger charge is 1.78. The number of nitrogens with two attached hydrogens (primary N) is 1. The fourth-order valence-electron chi connectivity index (χ4n) is 1.74. The molecule has 0 aliphatic heterocycles. The van der Waals surface area contributed by atoms with Crippen molar-refractivity contribution in [2.45, 2.75) is 20.8 Å². The van der Waals surface area contributed by atoms with Gasteiger partial charge in [0.15, 0.2) is 0 Å². The van der Waals surface area contributed by atoms with Crippen LogP contribution in [0.2, 0.25) is 0 Å². The lowest BCUT2D eigenvalue weighted by Crippen LogP contribution is -1.84. The summed E-state index contributed by atoms with van der Waals surface area (Å²) in [5.41, 5.74) is 8.14. The van der Waals surface area contributed by atoms with Crippen LogP contribution in [0.4, 0.5) is 11.4 Å². The second-order valence-corrected chi connectivity index (χ2v) is 4.89. The molecule has 148 valence electrons. The Hall–Kier alpha value is -2.78. The lowest BCUT2D eigenvalue weighted by atomic mass is 10.2. The van der Waals surface area contributed by atoms with Gasteiger partial charge >= 0.3 is 0 Å². The number of hydrogen-bond acceptors (Lipinski definition) is 3. The molecule has 4 N–H and O–H groups in total. The van der Waals surface area contributed by atoms with Crippen molar-refractivity contribution in [3.63, 3.8) is 0 Å². The molecule has 3 heteroatoms. The van der Waals surface area contributed by atoms with Crippen LogP contribution in [-0.4, -0.2) is 21.1 Å². The van der Waals surface area contributed by atoms with Crippen molar-refractivity contribution < 1.29 is 0 Å². The smallest absolute Gasteiger partial charge is 0.0337 e. The monoisotopic (exact) mass is 367 g/mol. The first-order valence-corrected chi connectivity index (χ1v) is 9.31. The summed E-state index contributed by atoms with van der Waals surface area (Å²) in [5, 5.41) is 6.05. The van der Waals surface area contributed by atoms with Crippen LogP contribution in [0.15, 0.2) is 91.0 Å². The van der Waals surface area contributed by atoms with Crippen LogP contribution in [0.25, 0.3) is 0 Å². The Morgan fingerprint density at radius 1 is 0.519 bits per heavy atom. The summed E-state index contributed by atoms with van der Waals surface area (Å²) >= 11 is 0. The molecule has 0 aliphatic rings. The van der Waals surface area contributed by atoms with E-state index in [0.717, 1.165) is 11.4 Å². The van der Waals surface area contributed by atoms with Gasteiger partial charge in [0.05, 0.1) is 0 Å². The molecule has 3 aromatic rings. The van der Waals surface area contributed by atoms with E-state index in [1.807, 2.05) is 107 Å². The minimum Gasteiger partial charge on any atom is -0.388 e. The molecule has 0 fully saturated rings. The van der Waals surface area contributed by atoms with Gasteiger partial charge in [0.1, 0.15) is 0 Å². The lowest BCUT2D eigenvalue weighted by Gasteiger charge is -1.94. The molecule has 0 atom stereocenters. The Kier molecular flexibility index (Phi) is 20.8. The predicted octanol–water partition coefficient (Wildman–Crippen LogP) is 6.05. The second kappa shape index (κ2) is 21.3. The van der Waals surface area contributed by atoms with E-state index in [-0.39, 0.29) is 0 Å². The zero-order valence-corrected chi connectivity index (χ0v) is 17.7. The van der Waals surface area contributed by atoms with Crippen LogP contribution in [0.1, 0.15) is 19.4 Å². The van der Waals surface area contributed by atoms with Gasteiger partial charge in [-0.05, 0) is 38.2 Å². The van der Waals surface area contributed by atoms with Gasteiger partial charge in [-0.1, -0.05) is 86.1 Å². The fraction of sp³-hybridized carbons (Fsp3) is 0.250. The van der Waals surface area contributed by atoms with E-state index < -0.39 is 0 Å². The number of aryl methyl sites for hydroxylation is 1. The molecule has 3 rings (SSSR count). The molecule has 0 saturated carbocycles. The van der Waals surface area contributed by atoms with Crippen molar-refractivity contribution in [1.29, 1.82) is 0 Å². The standard InChI is InChI=1S/2C7H9N.C7H8.C2H6.CH5N/c2*1-8-7-5-3-2-4-6-7;1-7-5-3-2-4-6-7;2*1-2/h2*2-6,8H,1H3;2-6H,1H3;1-2H3;2H2,1H3. The molecule has 0 unspecified atom stereocenters. The SMILES string of the molecule is CC.CN.CNc1ccccc1.CNc1ccccc1.Cc1ccccc1. The van der Waals surface area contributed by atoms with Crippen LogP contribution in [0.5, 0.6) is 0 Å². The Labute approximate surface area is 166 Å². The molecule has 0 aliphatic carbocycles. The zero-order chi connectivity index (χ0) is 20.8. The van der Waals surface area contributed by atoms with Crippen LogP contribution in [0.3, 0.4) is 0 Å². The van der Waals surface area contributed by atoms with Gasteiger partial charge in [-0.3, -0.25) is 0 Å². The van der Waals surface area contributed by atoms with E-state index in [1.54, 1.807) is 0 Å². The maximum atomic E-state index is 4.50. The van der Waals surface area contributed by atoms with Crippen LogP contribution >= 0.6 is 0 Å². The summed E-state index contributed by atoms with van der Waals surface area (Å²) in [6.07, 6.45) is 0. The quantitative estimate of drug-likeness (QED) is 0.516. The normalized spacial score (nSPS) is 7.81. The average Bonchev–Trinajstić information content (AvgIpc) is 2.79. The van der Waals surface area contributed by atoms with Crippen LogP contribution < -0.4 is 16.4 Å². The van der Waals surface area contributed by atoms with E-state index >= 15 is 0 Å². The number of anilines is 2. The number of hydrogen-bond donors (Lipinski definition) is 3. The summed E-state index contributed by atoms with van der Waals surface area (Å²) < 4.78 is 0. The van der Waals surface area contributed by atoms with Gasteiger partial charge < -0.3 is 16.4 Å². The molecule has 0 radical (unpaired) electrons. The topological polar surface area (TPSA) is 50.1 Å². The van der Waals surface area contributed by atoms with Crippen molar-refractivity contribution in [2.24, 2.45) is 5.73 Å². The fourth-order valence-corrected chi connectivity index (χ4v) is 1.74. The van der Waals surface area contributed by atoms with Crippen molar-refractivity contribution in [3.8, 4) is 0 Å². The molecule has 0 heterocycles. The van der Waals surface area contributed by atoms with Crippen molar-refractivity contribution in [3.05, 3.63) is 96.6 Å². The number of nitrogens with one attached hydrogen (secondary N) is 2. The van der Waals surface area contributed by atoms with Gasteiger partial charge in [0, 0.05) is 25.5 Å². The minimum atomic E-state index is 1.16. The van der Waals surface area contributed by atoms with E-state index in [2.05, 4.69) is 35.4 Å². The first kappa shape index (κ1) is 26.4. The Morgan fingerprint density at radius 2 is 0.778 bits per heavy atom. The first-order valence-electron chi connectivity index (χ1n) is 9.31. The van der Waals surface area contributed by atoms with E-state index in [4.69, 9.17) is 0 Å². The predicted molar refractivity (Wildman–Crippen MR) is 125 cm³/mol. The average molecular weight is 368 g/mol. The maximum absolute atomic E-state index is 4.50. The maximum Gasteiger partial charge on any atom is 0.0337 e. The third-order valence-electron chi connectivity index (χ3n) is 3.07. The summed E-state index contributed by atoms with van der Waals surface area (Å²) in [7, 11) is 5.32. The summed E-state index contributed by atoms with van der Waals surface area (Å²) in [6.45, 7) is 6.08. The third kappa shape index (κ3) is 16.4. The van der Waals surface area contributed by atoms with Crippen molar-refractivity contribution in [2.75, 3.05) is 31.8 Å². The lowest BCUT2D eigenvalue weighted by molar-refractivity contribution is 1.48. The molecule has 3 nitrogen and oxygen atoms in total. The molecule has 3 aromatic carbocycles. The van der Waals surface area contributed by atoms with E-state index in [0.29, 0.717) is 0 Å². The van der Waals surface area contributed by atoms with E-state index in [9.17, 15) is 0 Å². The van der Waals surface area contributed by atoms with Gasteiger partial charge in [0.2, 0.25) is 0 Å². The molecule has 0 aromatic heterocycles. The van der Waals surface area contributed by atoms with E-state index in [1.165, 1.54) is 12.6 Å². The van der Waals surface area contributed by atoms with Gasteiger partial charge in [-0.25, -0.2) is 0 Å². The second-order valence-electron chi connectivity index (χ2n) is 4.89. The molecule has 0 saturated heterocycles.